The Kier molecular flexibility index (Phi) is 9.72. The van der Waals surface area contributed by atoms with Crippen LogP contribution in [-0.2, 0) is 0 Å². The normalized spacial score (nSPS) is 10.3. The number of hydrogen-bond donors (Lipinski definition) is 2. The lowest BCUT2D eigenvalue weighted by Gasteiger charge is -2.14. The highest BCUT2D eigenvalue weighted by molar-refractivity contribution is 6.09. The molecule has 164 valence electrons. The molecule has 3 N–H and O–H groups in total. The summed E-state index contributed by atoms with van der Waals surface area (Å²) in [5.41, 5.74) is 6.39. The summed E-state index contributed by atoms with van der Waals surface area (Å²) in [6.07, 6.45) is 4.61. The predicted molar refractivity (Wildman–Crippen MR) is 122 cm³/mol. The topological polar surface area (TPSA) is 90.7 Å². The fourth-order valence-electron chi connectivity index (χ4n) is 2.67. The van der Waals surface area contributed by atoms with Gasteiger partial charge in [-0.15, -0.1) is 0 Å². The van der Waals surface area contributed by atoms with Gasteiger partial charge in [-0.2, -0.15) is 0 Å². The molecule has 0 aliphatic rings. The van der Waals surface area contributed by atoms with Crippen LogP contribution < -0.4 is 20.5 Å². The van der Waals surface area contributed by atoms with Gasteiger partial charge in [-0.05, 0) is 23.8 Å². The molecule has 2 amide bonds. The Balaban J connectivity index is 0.00000233. The number of benzene rings is 2. The van der Waals surface area contributed by atoms with E-state index in [0.29, 0.717) is 11.3 Å². The summed E-state index contributed by atoms with van der Waals surface area (Å²) in [6.45, 7) is 11.2. The molecule has 6 nitrogen and oxygen atoms in total. The molecule has 0 unspecified atom stereocenters. The third-order valence-electron chi connectivity index (χ3n) is 4.10. The van der Waals surface area contributed by atoms with Gasteiger partial charge >= 0.3 is 0 Å². The third-order valence-corrected chi connectivity index (χ3v) is 4.10. The maximum absolute atomic E-state index is 14.5. The van der Waals surface area contributed by atoms with Crippen molar-refractivity contribution in [2.45, 2.75) is 13.8 Å². The summed E-state index contributed by atoms with van der Waals surface area (Å²) in [7, 11) is 2.82. The minimum Gasteiger partial charge on any atom is -0.493 e. The Hall–Kier alpha value is -3.87. The molecular weight excluding hydrogens is 399 g/mol. The van der Waals surface area contributed by atoms with Crippen molar-refractivity contribution in [1.82, 2.24) is 0 Å². The fraction of sp³-hybridized carbons (Fsp3) is 0.167. The van der Waals surface area contributed by atoms with Gasteiger partial charge in [0.1, 0.15) is 5.82 Å². The van der Waals surface area contributed by atoms with Crippen LogP contribution in [0.3, 0.4) is 0 Å². The largest absolute Gasteiger partial charge is 0.493 e. The van der Waals surface area contributed by atoms with Crippen LogP contribution in [0.4, 0.5) is 10.1 Å². The van der Waals surface area contributed by atoms with Gasteiger partial charge in [-0.1, -0.05) is 51.3 Å². The molecule has 0 fully saturated rings. The number of methoxy groups -OCH3 is 2. The lowest BCUT2D eigenvalue weighted by molar-refractivity contribution is 0.100. The number of carbonyl (C=O) groups is 2. The number of amides is 2. The summed E-state index contributed by atoms with van der Waals surface area (Å²) in [4.78, 5) is 24.4. The highest BCUT2D eigenvalue weighted by Crippen LogP contribution is 2.33. The van der Waals surface area contributed by atoms with Gasteiger partial charge in [-0.25, -0.2) is 4.39 Å². The van der Waals surface area contributed by atoms with Crippen LogP contribution in [0.25, 0.3) is 5.57 Å². The highest BCUT2D eigenvalue weighted by Gasteiger charge is 2.18. The summed E-state index contributed by atoms with van der Waals surface area (Å²) < 4.78 is 24.8. The van der Waals surface area contributed by atoms with Gasteiger partial charge in [0.25, 0.3) is 11.8 Å². The van der Waals surface area contributed by atoms with E-state index in [9.17, 15) is 14.0 Å². The van der Waals surface area contributed by atoms with Gasteiger partial charge in [-0.3, -0.25) is 9.59 Å². The average Bonchev–Trinajstić information content (AvgIpc) is 2.78. The fourth-order valence-corrected chi connectivity index (χ4v) is 2.67. The van der Waals surface area contributed by atoms with E-state index in [0.717, 1.165) is 6.07 Å². The zero-order valence-electron chi connectivity index (χ0n) is 18.1. The number of primary amides is 1. The quantitative estimate of drug-likeness (QED) is 0.583. The minimum absolute atomic E-state index is 0.0240. The van der Waals surface area contributed by atoms with Gasteiger partial charge in [0.15, 0.2) is 11.5 Å². The SMILES string of the molecule is C=C/C=C(\C=C)c1ccc(C(=O)Nc2cc(OC)c(OC)cc2C(N)=O)cc1F.CC. The molecule has 2 aromatic carbocycles. The Morgan fingerprint density at radius 3 is 2.13 bits per heavy atom. The third kappa shape index (κ3) is 6.05. The monoisotopic (exact) mass is 426 g/mol. The second kappa shape index (κ2) is 12.0. The van der Waals surface area contributed by atoms with E-state index in [1.165, 1.54) is 50.6 Å². The number of ether oxygens (including phenoxy) is 2. The van der Waals surface area contributed by atoms with Gasteiger partial charge in [0.2, 0.25) is 0 Å². The number of anilines is 1. The first-order valence-corrected chi connectivity index (χ1v) is 9.48. The molecule has 0 aromatic heterocycles. The van der Waals surface area contributed by atoms with Gasteiger partial charge in [0.05, 0.1) is 25.5 Å². The summed E-state index contributed by atoms with van der Waals surface area (Å²) in [5.74, 6) is -1.43. The van der Waals surface area contributed by atoms with Crippen LogP contribution in [-0.4, -0.2) is 26.0 Å². The van der Waals surface area contributed by atoms with Crippen molar-refractivity contribution in [2.75, 3.05) is 19.5 Å². The lowest BCUT2D eigenvalue weighted by Crippen LogP contribution is -2.19. The first kappa shape index (κ1) is 25.2. The minimum atomic E-state index is -0.770. The molecule has 0 bridgehead atoms. The van der Waals surface area contributed by atoms with E-state index in [1.54, 1.807) is 6.08 Å². The molecule has 31 heavy (non-hydrogen) atoms. The van der Waals surface area contributed by atoms with Crippen molar-refractivity contribution in [1.29, 1.82) is 0 Å². The van der Waals surface area contributed by atoms with Crippen LogP contribution >= 0.6 is 0 Å². The Labute approximate surface area is 181 Å². The van der Waals surface area contributed by atoms with Crippen molar-refractivity contribution >= 4 is 23.1 Å². The van der Waals surface area contributed by atoms with Gasteiger partial charge < -0.3 is 20.5 Å². The zero-order chi connectivity index (χ0) is 23.6. The lowest BCUT2D eigenvalue weighted by atomic mass is 10.0. The first-order chi connectivity index (χ1) is 14.9. The summed E-state index contributed by atoms with van der Waals surface area (Å²) >= 11 is 0. The molecule has 0 spiro atoms. The summed E-state index contributed by atoms with van der Waals surface area (Å²) in [6, 6.07) is 6.78. The van der Waals surface area contributed by atoms with Crippen molar-refractivity contribution in [3.8, 4) is 11.5 Å². The average molecular weight is 426 g/mol. The predicted octanol–water partition coefficient (Wildman–Crippen LogP) is 4.98. The van der Waals surface area contributed by atoms with Crippen LogP contribution in [0, 0.1) is 5.82 Å². The molecule has 0 saturated carbocycles. The number of nitrogens with one attached hydrogen (secondary N) is 1. The molecule has 2 aromatic rings. The Morgan fingerprint density at radius 2 is 1.65 bits per heavy atom. The first-order valence-electron chi connectivity index (χ1n) is 9.48. The van der Waals surface area contributed by atoms with Crippen molar-refractivity contribution in [2.24, 2.45) is 5.73 Å². The van der Waals surface area contributed by atoms with E-state index >= 15 is 0 Å². The van der Waals surface area contributed by atoms with E-state index in [4.69, 9.17) is 15.2 Å². The number of halogens is 1. The van der Waals surface area contributed by atoms with Crippen molar-refractivity contribution in [3.05, 3.63) is 84.2 Å². The number of nitrogens with two attached hydrogens (primary N) is 1. The van der Waals surface area contributed by atoms with E-state index in [1.807, 2.05) is 13.8 Å². The zero-order valence-corrected chi connectivity index (χ0v) is 18.1. The Morgan fingerprint density at radius 1 is 1.03 bits per heavy atom. The number of carbonyl (C=O) groups excluding carboxylic acids is 2. The molecule has 0 heterocycles. The van der Waals surface area contributed by atoms with E-state index in [2.05, 4.69) is 18.5 Å². The van der Waals surface area contributed by atoms with Crippen LogP contribution in [0.1, 0.15) is 40.1 Å². The number of hydrogen-bond acceptors (Lipinski definition) is 4. The van der Waals surface area contributed by atoms with Crippen molar-refractivity contribution in [3.63, 3.8) is 0 Å². The molecule has 0 aliphatic carbocycles. The molecule has 0 radical (unpaired) electrons. The number of rotatable bonds is 8. The highest BCUT2D eigenvalue weighted by atomic mass is 19.1. The van der Waals surface area contributed by atoms with Crippen LogP contribution in [0.15, 0.2) is 61.7 Å². The molecular formula is C24H27FN2O4. The standard InChI is InChI=1S/C22H21FN2O4.C2H6/c1-5-7-13(6-2)15-9-8-14(10-17(15)23)22(27)25-18-12-20(29-4)19(28-3)11-16(18)21(24)26;1-2/h5-12H,1-2H2,3-4H3,(H2,24,26)(H,25,27);1-2H3/b13-7+;. The summed E-state index contributed by atoms with van der Waals surface area (Å²) in [5, 5.41) is 2.56. The second-order valence-electron chi connectivity index (χ2n) is 5.83. The van der Waals surface area contributed by atoms with Crippen molar-refractivity contribution < 1.29 is 23.5 Å². The smallest absolute Gasteiger partial charge is 0.255 e. The number of allylic oxidation sites excluding steroid dienone is 4. The maximum Gasteiger partial charge on any atom is 0.255 e. The molecule has 2 rings (SSSR count). The second-order valence-corrected chi connectivity index (χ2v) is 5.83. The van der Waals surface area contributed by atoms with Gasteiger partial charge in [0, 0.05) is 17.2 Å². The molecule has 0 atom stereocenters. The van der Waals surface area contributed by atoms with Crippen LogP contribution in [0.2, 0.25) is 0 Å². The van der Waals surface area contributed by atoms with E-state index < -0.39 is 17.6 Å². The molecule has 7 heteroatoms. The van der Waals surface area contributed by atoms with Crippen LogP contribution in [0.5, 0.6) is 11.5 Å². The Bertz CT molecular complexity index is 1010. The maximum atomic E-state index is 14.5. The molecule has 0 saturated heterocycles. The van der Waals surface area contributed by atoms with E-state index in [-0.39, 0.29) is 28.1 Å². The molecule has 0 aliphatic heterocycles.